The van der Waals surface area contributed by atoms with Gasteiger partial charge >= 0.3 is 6.09 Å². The van der Waals surface area contributed by atoms with E-state index in [9.17, 15) is 4.79 Å². The van der Waals surface area contributed by atoms with Gasteiger partial charge in [0.15, 0.2) is 0 Å². The van der Waals surface area contributed by atoms with E-state index in [4.69, 9.17) is 0 Å². The van der Waals surface area contributed by atoms with Crippen LogP contribution in [-0.2, 0) is 4.74 Å². The van der Waals surface area contributed by atoms with Crippen LogP contribution in [0, 0.1) is 7.11 Å². The molecule has 0 bridgehead atoms. The van der Waals surface area contributed by atoms with E-state index in [2.05, 4.69) is 37.1 Å². The van der Waals surface area contributed by atoms with E-state index in [1.165, 1.54) is 5.56 Å². The van der Waals surface area contributed by atoms with Gasteiger partial charge in [0, 0.05) is 5.69 Å². The van der Waals surface area contributed by atoms with Crippen LogP contribution in [0.15, 0.2) is 24.3 Å². The Hall–Kier alpha value is -1.51. The standard InChI is InChI=1S/C12H16NO2/c1-4-9(2)10-6-5-7-11(8-10)13-12(14)15-3/h5-9H,3-4H2,1-2H3,(H,13,14). The van der Waals surface area contributed by atoms with E-state index in [1.54, 1.807) is 0 Å². The van der Waals surface area contributed by atoms with Gasteiger partial charge in [-0.2, -0.15) is 0 Å². The summed E-state index contributed by atoms with van der Waals surface area (Å²) >= 11 is 0. The van der Waals surface area contributed by atoms with Crippen LogP contribution in [0.3, 0.4) is 0 Å². The quantitative estimate of drug-likeness (QED) is 0.821. The van der Waals surface area contributed by atoms with E-state index in [1.807, 2.05) is 18.2 Å². The lowest BCUT2D eigenvalue weighted by atomic mass is 9.98. The first-order valence-corrected chi connectivity index (χ1v) is 5.00. The maximum absolute atomic E-state index is 10.9. The topological polar surface area (TPSA) is 38.3 Å². The van der Waals surface area contributed by atoms with Crippen LogP contribution in [0.5, 0.6) is 0 Å². The molecule has 0 fully saturated rings. The van der Waals surface area contributed by atoms with Crippen molar-refractivity contribution in [3.8, 4) is 0 Å². The first kappa shape index (κ1) is 11.6. The van der Waals surface area contributed by atoms with Gasteiger partial charge in [0.1, 0.15) is 7.11 Å². The lowest BCUT2D eigenvalue weighted by molar-refractivity contribution is 0.199. The Balaban J connectivity index is 2.78. The highest BCUT2D eigenvalue weighted by Gasteiger charge is 2.05. The highest BCUT2D eigenvalue weighted by molar-refractivity contribution is 5.84. The van der Waals surface area contributed by atoms with Gasteiger partial charge in [-0.3, -0.25) is 5.32 Å². The fraction of sp³-hybridized carbons (Fsp3) is 0.333. The van der Waals surface area contributed by atoms with Gasteiger partial charge in [0.2, 0.25) is 0 Å². The summed E-state index contributed by atoms with van der Waals surface area (Å²) < 4.78 is 4.28. The largest absolute Gasteiger partial charge is 0.446 e. The SMILES string of the molecule is [CH2]OC(=O)Nc1cccc(C(C)CC)c1. The number of nitrogens with one attached hydrogen (secondary N) is 1. The Morgan fingerprint density at radius 3 is 2.93 bits per heavy atom. The van der Waals surface area contributed by atoms with E-state index in [0.717, 1.165) is 12.1 Å². The zero-order valence-corrected chi connectivity index (χ0v) is 9.12. The second kappa shape index (κ2) is 5.39. The van der Waals surface area contributed by atoms with Gasteiger partial charge in [0.05, 0.1) is 0 Å². The van der Waals surface area contributed by atoms with Crippen molar-refractivity contribution in [3.05, 3.63) is 36.9 Å². The molecule has 0 aliphatic rings. The number of carbonyl (C=O) groups is 1. The number of anilines is 1. The molecule has 3 nitrogen and oxygen atoms in total. The van der Waals surface area contributed by atoms with E-state index in [0.29, 0.717) is 5.92 Å². The Morgan fingerprint density at radius 1 is 1.60 bits per heavy atom. The molecule has 1 N–H and O–H groups in total. The number of amides is 1. The van der Waals surface area contributed by atoms with Gasteiger partial charge in [-0.05, 0) is 30.0 Å². The number of carbonyl (C=O) groups excluding carboxylic acids is 1. The lowest BCUT2D eigenvalue weighted by Crippen LogP contribution is -2.10. The molecule has 0 aromatic heterocycles. The average Bonchev–Trinajstić information content (AvgIpc) is 2.28. The van der Waals surface area contributed by atoms with Gasteiger partial charge in [0.25, 0.3) is 0 Å². The predicted molar refractivity (Wildman–Crippen MR) is 60.6 cm³/mol. The molecule has 1 aromatic carbocycles. The number of rotatable bonds is 3. The molecule has 0 saturated heterocycles. The molecule has 0 heterocycles. The lowest BCUT2D eigenvalue weighted by Gasteiger charge is -2.10. The zero-order chi connectivity index (χ0) is 11.3. The summed E-state index contributed by atoms with van der Waals surface area (Å²) in [5.74, 6) is 0.488. The second-order valence-electron chi connectivity index (χ2n) is 3.49. The molecule has 1 aromatic rings. The van der Waals surface area contributed by atoms with Crippen LogP contribution >= 0.6 is 0 Å². The first-order valence-electron chi connectivity index (χ1n) is 5.00. The molecule has 1 atom stereocenters. The van der Waals surface area contributed by atoms with Crippen LogP contribution in [0.4, 0.5) is 10.5 Å². The summed E-state index contributed by atoms with van der Waals surface area (Å²) in [6.45, 7) is 4.29. The summed E-state index contributed by atoms with van der Waals surface area (Å²) in [7, 11) is 3.04. The molecule has 0 spiro atoms. The normalized spacial score (nSPS) is 11.9. The summed E-state index contributed by atoms with van der Waals surface area (Å²) in [4.78, 5) is 10.9. The van der Waals surface area contributed by atoms with E-state index >= 15 is 0 Å². The molecule has 81 valence electrons. The van der Waals surface area contributed by atoms with Crippen LogP contribution in [0.1, 0.15) is 31.7 Å². The number of hydrogen-bond acceptors (Lipinski definition) is 2. The molecule has 1 radical (unpaired) electrons. The fourth-order valence-corrected chi connectivity index (χ4v) is 1.31. The minimum atomic E-state index is -0.545. The van der Waals surface area contributed by atoms with Crippen molar-refractivity contribution in [1.82, 2.24) is 0 Å². The van der Waals surface area contributed by atoms with Crippen molar-refractivity contribution in [2.24, 2.45) is 0 Å². The molecular weight excluding hydrogens is 190 g/mol. The van der Waals surface area contributed by atoms with Gasteiger partial charge in [-0.25, -0.2) is 4.79 Å². The molecule has 1 unspecified atom stereocenters. The Bertz CT molecular complexity index is 336. The van der Waals surface area contributed by atoms with Crippen molar-refractivity contribution in [2.75, 3.05) is 5.32 Å². The maximum Gasteiger partial charge on any atom is 0.411 e. The maximum atomic E-state index is 10.9. The van der Waals surface area contributed by atoms with Gasteiger partial charge in [-0.15, -0.1) is 0 Å². The first-order chi connectivity index (χ1) is 7.17. The second-order valence-corrected chi connectivity index (χ2v) is 3.49. The molecule has 1 amide bonds. The molecule has 0 aliphatic carbocycles. The minimum Gasteiger partial charge on any atom is -0.446 e. The summed E-state index contributed by atoms with van der Waals surface area (Å²) in [6.07, 6.45) is 0.528. The summed E-state index contributed by atoms with van der Waals surface area (Å²) in [5.41, 5.74) is 1.95. The number of hydrogen-bond donors (Lipinski definition) is 1. The Labute approximate surface area is 90.4 Å². The number of ether oxygens (including phenoxy) is 1. The molecule has 15 heavy (non-hydrogen) atoms. The van der Waals surface area contributed by atoms with Crippen molar-refractivity contribution >= 4 is 11.8 Å². The Morgan fingerprint density at radius 2 is 2.33 bits per heavy atom. The average molecular weight is 206 g/mol. The van der Waals surface area contributed by atoms with Crippen LogP contribution < -0.4 is 5.32 Å². The van der Waals surface area contributed by atoms with Crippen molar-refractivity contribution in [3.63, 3.8) is 0 Å². The van der Waals surface area contributed by atoms with E-state index in [-0.39, 0.29) is 0 Å². The van der Waals surface area contributed by atoms with Gasteiger partial charge < -0.3 is 4.74 Å². The van der Waals surface area contributed by atoms with Crippen LogP contribution in [0.2, 0.25) is 0 Å². The molecule has 0 saturated carbocycles. The molecule has 1 rings (SSSR count). The molecule has 3 heteroatoms. The number of benzene rings is 1. The third-order valence-corrected chi connectivity index (χ3v) is 2.45. The Kier molecular flexibility index (Phi) is 4.16. The van der Waals surface area contributed by atoms with Crippen molar-refractivity contribution < 1.29 is 9.53 Å². The minimum absolute atomic E-state index is 0.488. The smallest absolute Gasteiger partial charge is 0.411 e. The monoisotopic (exact) mass is 206 g/mol. The third-order valence-electron chi connectivity index (χ3n) is 2.45. The van der Waals surface area contributed by atoms with Gasteiger partial charge in [-0.1, -0.05) is 26.0 Å². The highest BCUT2D eigenvalue weighted by Crippen LogP contribution is 2.21. The van der Waals surface area contributed by atoms with Crippen LogP contribution in [0.25, 0.3) is 0 Å². The molecule has 0 aliphatic heterocycles. The predicted octanol–water partition coefficient (Wildman–Crippen LogP) is 3.54. The summed E-state index contributed by atoms with van der Waals surface area (Å²) in [5, 5.41) is 2.59. The molecular formula is C12H16NO2. The highest BCUT2D eigenvalue weighted by atomic mass is 16.5. The zero-order valence-electron chi connectivity index (χ0n) is 9.12. The van der Waals surface area contributed by atoms with Crippen molar-refractivity contribution in [1.29, 1.82) is 0 Å². The van der Waals surface area contributed by atoms with Crippen molar-refractivity contribution in [2.45, 2.75) is 26.2 Å². The van der Waals surface area contributed by atoms with Crippen LogP contribution in [-0.4, -0.2) is 6.09 Å². The fourth-order valence-electron chi connectivity index (χ4n) is 1.31. The summed E-state index contributed by atoms with van der Waals surface area (Å²) in [6, 6.07) is 7.74. The third kappa shape index (κ3) is 3.27. The van der Waals surface area contributed by atoms with E-state index < -0.39 is 6.09 Å².